The maximum atomic E-state index is 11.3. The minimum absolute atomic E-state index is 0.00662. The average Bonchev–Trinajstić information content (AvgIpc) is 1.87. The standard InChI is InChI=1S/C9H19NO3.C7H14N2O2.C7H15NO3.C7H15NO2.2C7H15NO.C6H12N2O2.C6H13NO2.C6H11NO.C5H11NO2.2C5H11NO.2C4H9NO.C3H7NO.C2H5NO/c1-4-9(13)10(5-7(2)11)6-8(3)12;1-4-7(11)9(3)5-6(10)8-2;1-2-7(11)8(3-5-9)4-6-10;1-4-7(9)8(2)5-6-10-3;1-4-5-6-7(9)8(2)3;1-4-7(9)8(5-2)6-3;1-3-6(10)8(2)4-5(7)9;1-3-6(9)7(2)4-5-8;1-2-6(8)7-5-3-4-5;1-2-3-4(7)5(6)8;1-4-5(7)6(2)3;1-3-4-5(7)6-2;1-3-4(6)5-2;1-2-3-4(5)6;1-2-3(4)5;1-2(3)4/h7-8,11-12H,4-6H2,1-3H3;4-5H2,1-3H3,(H,8,10);9-10H,2-6H2,1H3;4-6H2,1-3H3;2*4-6H2,1-3H3;3-4H2,1-2H3,(H2,7,9);8H,3-5H2,1-2H3;5H,2-4H2,1H3,(H,7,8);4,7H,2-3H2,1H3,(H2,6,8);4H2,1-3H3;3-4H2,1-2H3,(H,6,7);3H2,1-2H3,(H,5,6);2-3H2,1H3,(H2,5,6);2H2,1H3,(H2,4,5);1H3,(H2,3,4)/t;;;;;;;;;4-;;;;;;/m.........0....../s1. The van der Waals surface area contributed by atoms with E-state index in [-0.39, 0.29) is 141 Å². The summed E-state index contributed by atoms with van der Waals surface area (Å²) in [5.41, 5.74) is 23.5. The SMILES string of the molecule is CC(N)=O.CCC(=O)N(C)C.CCC(=O)N(C)CC(=O)NC.CCC(=O)N(C)CC(N)=O.CCC(=O)N(C)CCO.CCC(=O)N(C)CCOC.CCC(=O)N(CC(C)O)CC(C)O.CCC(=O)N(CC)CC.CCC(=O)N(CCO)CCO.CCC(=O)NC.CCC(=O)NC1CC1.CCC(N)=O.CCCC(=O)NC.CCCC(N)=O.CCCCC(=O)N(C)C.CCC[C@H](O)C(N)=O. The lowest BCUT2D eigenvalue weighted by Gasteiger charge is -2.24. The van der Waals surface area contributed by atoms with Gasteiger partial charge in [-0.1, -0.05) is 117 Å². The number of primary amides is 5. The van der Waals surface area contributed by atoms with Crippen LogP contribution in [-0.2, 0) is 91.0 Å². The van der Waals surface area contributed by atoms with E-state index in [1.807, 2.05) is 74.1 Å². The number of nitrogens with zero attached hydrogens (tertiary/aromatic N) is 9. The van der Waals surface area contributed by atoms with Gasteiger partial charge < -0.3 is 129 Å². The second kappa shape index (κ2) is 116. The van der Waals surface area contributed by atoms with Gasteiger partial charge in [-0.15, -0.1) is 0 Å². The lowest BCUT2D eigenvalue weighted by Crippen LogP contribution is -2.40. The summed E-state index contributed by atoms with van der Waals surface area (Å²) >= 11 is 0. The molecule has 1 fully saturated rings. The molecule has 0 heterocycles. The van der Waals surface area contributed by atoms with Crippen LogP contribution in [0.25, 0.3) is 0 Å². The smallest absolute Gasteiger partial charge is 0.246 e. The summed E-state index contributed by atoms with van der Waals surface area (Å²) in [5.74, 6) is -0.904. The Morgan fingerprint density at radius 1 is 0.361 bits per heavy atom. The molecule has 0 aliphatic heterocycles. The van der Waals surface area contributed by atoms with E-state index in [1.54, 1.807) is 155 Å². The molecule has 0 aromatic rings. The van der Waals surface area contributed by atoms with E-state index < -0.39 is 30.1 Å². The summed E-state index contributed by atoms with van der Waals surface area (Å²) in [6, 6.07) is 0.530. The Balaban J connectivity index is -0.0000000864. The van der Waals surface area contributed by atoms with Gasteiger partial charge in [-0.05, 0) is 66.2 Å². The Morgan fingerprint density at radius 2 is 0.692 bits per heavy atom. The molecule has 3 atom stereocenters. The fraction of sp³-hybridized carbons (Fsp3) is 0.800. The number of nitrogens with two attached hydrogens (primary N) is 5. The monoisotopic (exact) mass is 1930 g/mol. The minimum atomic E-state index is -0.944. The highest BCUT2D eigenvalue weighted by Gasteiger charge is 2.22. The molecule has 133 heavy (non-hydrogen) atoms. The molecule has 1 saturated carbocycles. The van der Waals surface area contributed by atoms with Crippen LogP contribution >= 0.6 is 0 Å². The molecule has 1 rings (SSSR count). The molecule has 0 aromatic carbocycles. The van der Waals surface area contributed by atoms with Gasteiger partial charge >= 0.3 is 0 Å². The van der Waals surface area contributed by atoms with Gasteiger partial charge in [0, 0.05) is 240 Å². The van der Waals surface area contributed by atoms with Crippen LogP contribution < -0.4 is 49.9 Å². The fourth-order valence-corrected chi connectivity index (χ4v) is 7.79. The van der Waals surface area contributed by atoms with Crippen LogP contribution in [0.1, 0.15) is 280 Å². The first-order chi connectivity index (χ1) is 61.9. The van der Waals surface area contributed by atoms with E-state index in [2.05, 4.69) is 39.7 Å². The molecule has 43 heteroatoms. The third kappa shape index (κ3) is 143. The highest BCUT2D eigenvalue weighted by Crippen LogP contribution is 2.18. The van der Waals surface area contributed by atoms with Gasteiger partial charge in [-0.2, -0.15) is 0 Å². The highest BCUT2D eigenvalue weighted by atomic mass is 16.5. The summed E-state index contributed by atoms with van der Waals surface area (Å²) in [6.45, 7) is 40.9. The number of likely N-dealkylation sites (N-methyl/N-ethyl adjacent to an activating group) is 5. The molecular formula is C90H192N18O25. The van der Waals surface area contributed by atoms with Crippen molar-refractivity contribution in [3.63, 3.8) is 0 Å². The van der Waals surface area contributed by atoms with Crippen LogP contribution in [-0.4, -0.2) is 382 Å². The van der Waals surface area contributed by atoms with Gasteiger partial charge in [0.05, 0.1) is 51.7 Å². The summed E-state index contributed by atoms with van der Waals surface area (Å²) in [4.78, 5) is 202. The van der Waals surface area contributed by atoms with Gasteiger partial charge in [0.25, 0.3) is 0 Å². The first-order valence-corrected chi connectivity index (χ1v) is 45.7. The second-order valence-corrected chi connectivity index (χ2v) is 28.9. The molecule has 1 aliphatic rings. The number of amides is 18. The maximum Gasteiger partial charge on any atom is 0.246 e. The third-order valence-corrected chi connectivity index (χ3v) is 15.9. The molecule has 0 spiro atoms. The zero-order chi connectivity index (χ0) is 108. The normalized spacial score (nSPS) is 10.2. The lowest BCUT2D eigenvalue weighted by atomic mass is 10.2. The second-order valence-electron chi connectivity index (χ2n) is 28.9. The number of rotatable bonds is 41. The molecule has 0 radical (unpaired) electrons. The van der Waals surface area contributed by atoms with E-state index >= 15 is 0 Å². The number of aliphatic hydroxyl groups excluding tert-OH is 6. The largest absolute Gasteiger partial charge is 0.395 e. The molecule has 2 unspecified atom stereocenters. The van der Waals surface area contributed by atoms with E-state index in [9.17, 15) is 86.3 Å². The van der Waals surface area contributed by atoms with Crippen molar-refractivity contribution in [3.05, 3.63) is 0 Å². The number of aliphatic hydroxyl groups is 6. The van der Waals surface area contributed by atoms with Crippen molar-refractivity contribution >= 4 is 106 Å². The van der Waals surface area contributed by atoms with E-state index in [0.29, 0.717) is 135 Å². The lowest BCUT2D eigenvalue weighted by molar-refractivity contribution is -0.134. The number of unbranched alkanes of at least 4 members (excludes halogenated alkanes) is 1. The number of nitrogens with one attached hydrogen (secondary N) is 4. The van der Waals surface area contributed by atoms with E-state index in [1.165, 1.54) is 44.3 Å². The van der Waals surface area contributed by atoms with E-state index in [0.717, 1.165) is 45.2 Å². The molecule has 43 nitrogen and oxygen atoms in total. The van der Waals surface area contributed by atoms with Crippen LogP contribution in [0.4, 0.5) is 0 Å². The molecule has 0 aromatic heterocycles. The minimum Gasteiger partial charge on any atom is -0.395 e. The summed E-state index contributed by atoms with van der Waals surface area (Å²) in [6.07, 6.45) is 13.0. The van der Waals surface area contributed by atoms with Crippen LogP contribution in [0, 0.1) is 0 Å². The Labute approximate surface area is 799 Å². The first-order valence-electron chi connectivity index (χ1n) is 45.7. The predicted octanol–water partition coefficient (Wildman–Crippen LogP) is 2.13. The number of hydrogen-bond acceptors (Lipinski definition) is 25. The van der Waals surface area contributed by atoms with Gasteiger partial charge in [0.2, 0.25) is 106 Å². The van der Waals surface area contributed by atoms with Crippen LogP contribution in [0.2, 0.25) is 0 Å². The first kappa shape index (κ1) is 157. The van der Waals surface area contributed by atoms with Crippen LogP contribution in [0.5, 0.6) is 0 Å². The quantitative estimate of drug-likeness (QED) is 0.0417. The van der Waals surface area contributed by atoms with Gasteiger partial charge in [0.15, 0.2) is 0 Å². The fourth-order valence-electron chi connectivity index (χ4n) is 7.79. The topological polar surface area (TPSA) is 645 Å². The van der Waals surface area contributed by atoms with Crippen molar-refractivity contribution in [3.8, 4) is 0 Å². The number of ether oxygens (including phenoxy) is 1. The number of carbonyl (C=O) groups is 18. The summed E-state index contributed by atoms with van der Waals surface area (Å²) in [7, 11) is 20.2. The zero-order valence-corrected chi connectivity index (χ0v) is 88.1. The van der Waals surface area contributed by atoms with Crippen LogP contribution in [0.3, 0.4) is 0 Å². The molecule has 1 aliphatic carbocycles. The maximum absolute atomic E-state index is 11.3. The predicted molar refractivity (Wildman–Crippen MR) is 524 cm³/mol. The van der Waals surface area contributed by atoms with Gasteiger partial charge in [-0.25, -0.2) is 0 Å². The number of methoxy groups -OCH3 is 1. The molecular weight excluding hydrogens is 1730 g/mol. The van der Waals surface area contributed by atoms with Gasteiger partial charge in [0.1, 0.15) is 6.10 Å². The Hall–Kier alpha value is -9.82. The van der Waals surface area contributed by atoms with Gasteiger partial charge in [-0.3, -0.25) is 86.3 Å². The Bertz CT molecular complexity index is 2890. The van der Waals surface area contributed by atoms with Crippen molar-refractivity contribution in [2.75, 3.05) is 177 Å². The molecule has 20 N–H and O–H groups in total. The molecule has 0 bridgehead atoms. The zero-order valence-electron chi connectivity index (χ0n) is 88.1. The Morgan fingerprint density at radius 3 is 0.895 bits per heavy atom. The van der Waals surface area contributed by atoms with Crippen molar-refractivity contribution in [1.82, 2.24) is 65.4 Å². The van der Waals surface area contributed by atoms with Crippen molar-refractivity contribution in [1.29, 1.82) is 0 Å². The third-order valence-electron chi connectivity index (χ3n) is 15.9. The summed E-state index contributed by atoms with van der Waals surface area (Å²) in [5, 5.41) is 62.6. The summed E-state index contributed by atoms with van der Waals surface area (Å²) < 4.78 is 4.81. The van der Waals surface area contributed by atoms with Crippen LogP contribution in [0.15, 0.2) is 0 Å². The Kier molecular flexibility index (Phi) is 137. The number of carbonyl (C=O) groups excluding carboxylic acids is 18. The van der Waals surface area contributed by atoms with Crippen molar-refractivity contribution in [2.24, 2.45) is 28.7 Å². The number of hydrogen-bond donors (Lipinski definition) is 15. The molecule has 0 saturated heterocycles. The highest BCUT2D eigenvalue weighted by molar-refractivity contribution is 5.85. The molecule has 792 valence electrons. The van der Waals surface area contributed by atoms with Crippen molar-refractivity contribution in [2.45, 2.75) is 304 Å². The van der Waals surface area contributed by atoms with E-state index in [4.69, 9.17) is 52.6 Å². The molecule has 18 amide bonds. The van der Waals surface area contributed by atoms with Crippen molar-refractivity contribution < 1.29 is 122 Å². The average molecular weight is 1930 g/mol.